The van der Waals surface area contributed by atoms with E-state index in [1.54, 1.807) is 78.9 Å². The van der Waals surface area contributed by atoms with E-state index in [2.05, 4.69) is 16.0 Å². The van der Waals surface area contributed by atoms with E-state index in [9.17, 15) is 14.4 Å². The summed E-state index contributed by atoms with van der Waals surface area (Å²) >= 11 is 7.47. The van der Waals surface area contributed by atoms with Crippen molar-refractivity contribution in [3.05, 3.63) is 119 Å². The van der Waals surface area contributed by atoms with E-state index in [0.29, 0.717) is 27.7 Å². The van der Waals surface area contributed by atoms with Crippen LogP contribution in [0.1, 0.15) is 21.7 Å². The Morgan fingerprint density at radius 2 is 1.63 bits per heavy atom. The van der Waals surface area contributed by atoms with Crippen molar-refractivity contribution in [1.82, 2.24) is 5.32 Å². The minimum absolute atomic E-state index is 0.0279. The monoisotopic (exact) mass is 545 g/mol. The minimum Gasteiger partial charge on any atom is -0.465 e. The number of thioether (sulfide) groups is 1. The summed E-state index contributed by atoms with van der Waals surface area (Å²) in [6.07, 6.45) is 2.94. The van der Waals surface area contributed by atoms with Crippen molar-refractivity contribution < 1.29 is 18.8 Å². The van der Waals surface area contributed by atoms with Crippen LogP contribution in [0.25, 0.3) is 6.08 Å². The summed E-state index contributed by atoms with van der Waals surface area (Å²) in [6.45, 7) is 1.90. The van der Waals surface area contributed by atoms with E-state index in [0.717, 1.165) is 10.5 Å². The highest BCUT2D eigenvalue weighted by Gasteiger charge is 2.16. The van der Waals surface area contributed by atoms with Gasteiger partial charge in [-0.3, -0.25) is 14.4 Å². The number of carbonyl (C=O) groups excluding carboxylic acids is 3. The second-order valence-corrected chi connectivity index (χ2v) is 9.63. The van der Waals surface area contributed by atoms with Crippen LogP contribution in [0.15, 0.2) is 106 Å². The molecule has 0 aliphatic heterocycles. The Bertz CT molecular complexity index is 1450. The molecular formula is C29H24ClN3O4S. The number of amides is 3. The van der Waals surface area contributed by atoms with E-state index >= 15 is 0 Å². The standard InChI is InChI=1S/C29H24ClN3O4S/c1-19-9-10-22(16-25(19)30)31-27(34)18-38-24-13-11-21(12-14-24)32-29(36)26(17-23-8-5-15-37-23)33-28(35)20-6-3-2-4-7-20/h2-17H,18H2,1H3,(H,31,34)(H,32,36)(H,33,35)/b26-17-. The van der Waals surface area contributed by atoms with Crippen LogP contribution in [0.2, 0.25) is 5.02 Å². The van der Waals surface area contributed by atoms with Crippen LogP contribution >= 0.6 is 23.4 Å². The lowest BCUT2D eigenvalue weighted by Crippen LogP contribution is -2.30. The van der Waals surface area contributed by atoms with E-state index in [-0.39, 0.29) is 17.4 Å². The summed E-state index contributed by atoms with van der Waals surface area (Å²) in [7, 11) is 0. The maximum Gasteiger partial charge on any atom is 0.272 e. The fourth-order valence-electron chi connectivity index (χ4n) is 3.31. The third kappa shape index (κ3) is 7.61. The van der Waals surface area contributed by atoms with E-state index in [4.69, 9.17) is 16.0 Å². The van der Waals surface area contributed by atoms with E-state index in [1.807, 2.05) is 13.0 Å². The third-order valence-electron chi connectivity index (χ3n) is 5.30. The molecular weight excluding hydrogens is 522 g/mol. The molecule has 3 amide bonds. The first-order chi connectivity index (χ1) is 18.4. The molecule has 7 nitrogen and oxygen atoms in total. The first-order valence-electron chi connectivity index (χ1n) is 11.6. The third-order valence-corrected chi connectivity index (χ3v) is 6.72. The highest BCUT2D eigenvalue weighted by atomic mass is 35.5. The number of anilines is 2. The lowest BCUT2D eigenvalue weighted by atomic mass is 10.2. The topological polar surface area (TPSA) is 100 Å². The summed E-state index contributed by atoms with van der Waals surface area (Å²) in [4.78, 5) is 38.8. The van der Waals surface area contributed by atoms with Crippen LogP contribution in [0, 0.1) is 6.92 Å². The predicted octanol–water partition coefficient (Wildman–Crippen LogP) is 6.38. The molecule has 1 aromatic heterocycles. The molecule has 0 saturated heterocycles. The summed E-state index contributed by atoms with van der Waals surface area (Å²) in [5, 5.41) is 8.85. The zero-order valence-corrected chi connectivity index (χ0v) is 21.9. The number of hydrogen-bond donors (Lipinski definition) is 3. The van der Waals surface area contributed by atoms with Gasteiger partial charge >= 0.3 is 0 Å². The molecule has 0 unspecified atom stereocenters. The number of benzene rings is 3. The lowest BCUT2D eigenvalue weighted by Gasteiger charge is -2.11. The molecule has 38 heavy (non-hydrogen) atoms. The Balaban J connectivity index is 1.36. The molecule has 3 N–H and O–H groups in total. The number of rotatable bonds is 9. The second-order valence-electron chi connectivity index (χ2n) is 8.17. The Morgan fingerprint density at radius 3 is 2.32 bits per heavy atom. The average Bonchev–Trinajstić information content (AvgIpc) is 3.44. The Kier molecular flexibility index (Phi) is 9.02. The number of aryl methyl sites for hydroxylation is 1. The summed E-state index contributed by atoms with van der Waals surface area (Å²) in [5.41, 5.74) is 2.55. The molecule has 0 fully saturated rings. The molecule has 1 heterocycles. The van der Waals surface area contributed by atoms with Crippen LogP contribution in [-0.2, 0) is 9.59 Å². The van der Waals surface area contributed by atoms with Gasteiger partial charge < -0.3 is 20.4 Å². The van der Waals surface area contributed by atoms with Crippen LogP contribution in [0.3, 0.4) is 0 Å². The average molecular weight is 546 g/mol. The van der Waals surface area contributed by atoms with Crippen LogP contribution < -0.4 is 16.0 Å². The molecule has 0 saturated carbocycles. The van der Waals surface area contributed by atoms with Gasteiger partial charge in [0.15, 0.2) is 0 Å². The minimum atomic E-state index is -0.512. The number of nitrogens with one attached hydrogen (secondary N) is 3. The molecule has 0 aliphatic rings. The van der Waals surface area contributed by atoms with Crippen molar-refractivity contribution in [2.75, 3.05) is 16.4 Å². The van der Waals surface area contributed by atoms with Crippen LogP contribution in [0.4, 0.5) is 11.4 Å². The lowest BCUT2D eigenvalue weighted by molar-refractivity contribution is -0.114. The van der Waals surface area contributed by atoms with Gasteiger partial charge in [-0.1, -0.05) is 35.9 Å². The van der Waals surface area contributed by atoms with Crippen molar-refractivity contribution in [3.63, 3.8) is 0 Å². The van der Waals surface area contributed by atoms with Crippen molar-refractivity contribution in [2.24, 2.45) is 0 Å². The molecule has 0 atom stereocenters. The fourth-order valence-corrected chi connectivity index (χ4v) is 4.19. The van der Waals surface area contributed by atoms with Gasteiger partial charge in [-0.05, 0) is 73.2 Å². The van der Waals surface area contributed by atoms with Gasteiger partial charge in [0.05, 0.1) is 12.0 Å². The molecule has 4 rings (SSSR count). The largest absolute Gasteiger partial charge is 0.465 e. The van der Waals surface area contributed by atoms with Gasteiger partial charge in [-0.15, -0.1) is 11.8 Å². The van der Waals surface area contributed by atoms with Gasteiger partial charge in [0.1, 0.15) is 11.5 Å². The normalized spacial score (nSPS) is 11.1. The summed E-state index contributed by atoms with van der Waals surface area (Å²) < 4.78 is 5.31. The summed E-state index contributed by atoms with van der Waals surface area (Å²) in [5.74, 6) is -0.465. The van der Waals surface area contributed by atoms with Crippen LogP contribution in [-0.4, -0.2) is 23.5 Å². The predicted molar refractivity (Wildman–Crippen MR) is 151 cm³/mol. The highest BCUT2D eigenvalue weighted by Crippen LogP contribution is 2.23. The molecule has 9 heteroatoms. The van der Waals surface area contributed by atoms with E-state index in [1.165, 1.54) is 24.1 Å². The molecule has 0 bridgehead atoms. The SMILES string of the molecule is Cc1ccc(NC(=O)CSc2ccc(NC(=O)/C(=C/c3ccco3)NC(=O)c3ccccc3)cc2)cc1Cl. The number of halogens is 1. The van der Waals surface area contributed by atoms with Gasteiger partial charge in [0, 0.05) is 32.9 Å². The van der Waals surface area contributed by atoms with E-state index < -0.39 is 11.8 Å². The van der Waals surface area contributed by atoms with Crippen molar-refractivity contribution in [3.8, 4) is 0 Å². The number of hydrogen-bond acceptors (Lipinski definition) is 5. The first kappa shape index (κ1) is 26.8. The Labute approximate surface area is 229 Å². The fraction of sp³-hybridized carbons (Fsp3) is 0.0690. The van der Waals surface area contributed by atoms with Crippen molar-refractivity contribution >= 4 is 58.5 Å². The van der Waals surface area contributed by atoms with Crippen molar-refractivity contribution in [2.45, 2.75) is 11.8 Å². The maximum atomic E-state index is 13.0. The molecule has 0 aliphatic carbocycles. The van der Waals surface area contributed by atoms with Gasteiger partial charge in [-0.2, -0.15) is 0 Å². The smallest absolute Gasteiger partial charge is 0.272 e. The quantitative estimate of drug-likeness (QED) is 0.167. The number of carbonyl (C=O) groups is 3. The summed E-state index contributed by atoms with van der Waals surface area (Å²) in [6, 6.07) is 24.4. The molecule has 192 valence electrons. The Morgan fingerprint density at radius 1 is 0.895 bits per heavy atom. The van der Waals surface area contributed by atoms with Crippen molar-refractivity contribution in [1.29, 1.82) is 0 Å². The zero-order valence-electron chi connectivity index (χ0n) is 20.4. The van der Waals surface area contributed by atoms with Gasteiger partial charge in [0.2, 0.25) is 5.91 Å². The van der Waals surface area contributed by atoms with Gasteiger partial charge in [0.25, 0.3) is 11.8 Å². The zero-order chi connectivity index (χ0) is 26.9. The number of furan rings is 1. The molecule has 0 spiro atoms. The molecule has 4 aromatic rings. The Hall–Kier alpha value is -4.27. The first-order valence-corrected chi connectivity index (χ1v) is 13.0. The molecule has 0 radical (unpaired) electrons. The molecule has 3 aromatic carbocycles. The second kappa shape index (κ2) is 12.8. The van der Waals surface area contributed by atoms with Gasteiger partial charge in [-0.25, -0.2) is 0 Å². The highest BCUT2D eigenvalue weighted by molar-refractivity contribution is 8.00. The van der Waals surface area contributed by atoms with Crippen LogP contribution in [0.5, 0.6) is 0 Å². The maximum absolute atomic E-state index is 13.0.